The second-order valence-electron chi connectivity index (χ2n) is 6.58. The van der Waals surface area contributed by atoms with E-state index < -0.39 is 64.4 Å². The molecule has 0 saturated heterocycles. The first-order chi connectivity index (χ1) is 13.6. The van der Waals surface area contributed by atoms with Crippen LogP contribution in [0.15, 0.2) is 4.52 Å². The maximum Gasteiger partial charge on any atom is 0.393 e. The zero-order chi connectivity index (χ0) is 24.5. The lowest BCUT2D eigenvalue weighted by molar-refractivity contribution is -0.437. The summed E-state index contributed by atoms with van der Waals surface area (Å²) < 4.78 is 193. The molecule has 1 aliphatic rings. The van der Waals surface area contributed by atoms with E-state index >= 15 is 0 Å². The minimum Gasteiger partial charge on any atom is -0.361 e. The highest BCUT2D eigenvalue weighted by Crippen LogP contribution is 2.64. The smallest absolute Gasteiger partial charge is 0.361 e. The SMILES string of the molecule is FC(F)(Cl)C(F)(F)C(F)(F)C(F)(F)C(F)(F)C(F)(F)C(F)(F)c1noc2c1CCCC2. The number of aromatic nitrogens is 1. The molecule has 0 radical (unpaired) electrons. The van der Waals surface area contributed by atoms with Gasteiger partial charge in [-0.15, -0.1) is 0 Å². The largest absolute Gasteiger partial charge is 0.393 e. The van der Waals surface area contributed by atoms with Crippen LogP contribution in [0.1, 0.15) is 29.9 Å². The average molecular weight is 508 g/mol. The van der Waals surface area contributed by atoms with E-state index in [4.69, 9.17) is 0 Å². The molecular weight excluding hydrogens is 500 g/mol. The lowest BCUT2D eigenvalue weighted by atomic mass is 9.87. The monoisotopic (exact) mass is 507 g/mol. The Balaban J connectivity index is 2.62. The highest BCUT2D eigenvalue weighted by atomic mass is 35.5. The number of hydrogen-bond acceptors (Lipinski definition) is 2. The van der Waals surface area contributed by atoms with Gasteiger partial charge < -0.3 is 4.52 Å². The van der Waals surface area contributed by atoms with Gasteiger partial charge in [-0.1, -0.05) is 5.16 Å². The van der Waals surface area contributed by atoms with Crippen LogP contribution in [0, 0.1) is 0 Å². The summed E-state index contributed by atoms with van der Waals surface area (Å²) in [5.74, 6) is -46.2. The molecule has 2 nitrogen and oxygen atoms in total. The van der Waals surface area contributed by atoms with Gasteiger partial charge in [0, 0.05) is 12.0 Å². The van der Waals surface area contributed by atoms with Gasteiger partial charge in [0.1, 0.15) is 5.76 Å². The molecule has 0 saturated carbocycles. The van der Waals surface area contributed by atoms with E-state index in [2.05, 4.69) is 21.3 Å². The summed E-state index contributed by atoms with van der Waals surface area (Å²) in [5.41, 5.74) is -3.19. The van der Waals surface area contributed by atoms with Gasteiger partial charge in [0.2, 0.25) is 0 Å². The lowest BCUT2D eigenvalue weighted by Gasteiger charge is -2.41. The number of nitrogens with zero attached hydrogens (tertiary/aromatic N) is 1. The fraction of sp³-hybridized carbons (Fsp3) is 0.786. The maximum atomic E-state index is 14.2. The van der Waals surface area contributed by atoms with Gasteiger partial charge in [-0.3, -0.25) is 0 Å². The van der Waals surface area contributed by atoms with E-state index in [1.54, 1.807) is 0 Å². The molecular formula is C14H8ClF14NO. The molecule has 17 heteroatoms. The van der Waals surface area contributed by atoms with Crippen molar-refractivity contribution < 1.29 is 66.0 Å². The van der Waals surface area contributed by atoms with Crippen molar-refractivity contribution >= 4 is 11.6 Å². The number of hydrogen-bond donors (Lipinski definition) is 0. The normalized spacial score (nSPS) is 17.6. The summed E-state index contributed by atoms with van der Waals surface area (Å²) in [6.45, 7) is 0. The molecule has 1 aromatic rings. The van der Waals surface area contributed by atoms with Crippen LogP contribution in [0.4, 0.5) is 61.5 Å². The minimum atomic E-state index is -8.15. The number of alkyl halides is 15. The third-order valence-corrected chi connectivity index (χ3v) is 4.81. The number of halogens is 15. The second-order valence-corrected chi connectivity index (χ2v) is 7.06. The Hall–Kier alpha value is -1.48. The van der Waals surface area contributed by atoms with Crippen molar-refractivity contribution in [2.75, 3.05) is 0 Å². The molecule has 180 valence electrons. The van der Waals surface area contributed by atoms with Crippen LogP contribution < -0.4 is 0 Å². The topological polar surface area (TPSA) is 26.0 Å². The van der Waals surface area contributed by atoms with Gasteiger partial charge >= 0.3 is 40.9 Å². The zero-order valence-electron chi connectivity index (χ0n) is 14.4. The molecule has 0 N–H and O–H groups in total. The summed E-state index contributed by atoms with van der Waals surface area (Å²) in [7, 11) is 0. The summed E-state index contributed by atoms with van der Waals surface area (Å²) in [6.07, 6.45) is -0.434. The van der Waals surface area contributed by atoms with E-state index in [0.29, 0.717) is 0 Å². The van der Waals surface area contributed by atoms with E-state index in [1.165, 1.54) is 0 Å². The Morgan fingerprint density at radius 2 is 1.03 bits per heavy atom. The van der Waals surface area contributed by atoms with Crippen molar-refractivity contribution in [3.05, 3.63) is 17.0 Å². The first kappa shape index (κ1) is 25.8. The van der Waals surface area contributed by atoms with Gasteiger partial charge in [-0.2, -0.15) is 61.5 Å². The first-order valence-corrected chi connectivity index (χ1v) is 8.28. The van der Waals surface area contributed by atoms with Crippen LogP contribution in [-0.4, -0.2) is 40.2 Å². The van der Waals surface area contributed by atoms with Crippen molar-refractivity contribution in [3.63, 3.8) is 0 Å². The van der Waals surface area contributed by atoms with E-state index in [9.17, 15) is 61.5 Å². The molecule has 0 aromatic carbocycles. The Labute approximate surface area is 167 Å². The van der Waals surface area contributed by atoms with Gasteiger partial charge in [0.25, 0.3) is 0 Å². The third-order valence-electron chi connectivity index (χ3n) is 4.58. The van der Waals surface area contributed by atoms with Crippen molar-refractivity contribution in [2.45, 2.75) is 66.6 Å². The first-order valence-electron chi connectivity index (χ1n) is 7.90. The maximum absolute atomic E-state index is 14.2. The molecule has 1 heterocycles. The van der Waals surface area contributed by atoms with E-state index in [1.807, 2.05) is 0 Å². The van der Waals surface area contributed by atoms with Gasteiger partial charge in [-0.25, -0.2) is 0 Å². The molecule has 2 rings (SSSR count). The quantitative estimate of drug-likeness (QED) is 0.305. The average Bonchev–Trinajstić information content (AvgIpc) is 3.04. The van der Waals surface area contributed by atoms with E-state index in [0.717, 1.165) is 0 Å². The van der Waals surface area contributed by atoms with Crippen LogP contribution in [0.25, 0.3) is 0 Å². The standard InChI is InChI=1S/C14H8ClF14NO/c15-14(28,29)13(26,27)12(24,25)11(22,23)10(20,21)9(18,19)8(16,17)7-5-3-1-2-4-6(5)31-30-7/h1-4H2. The minimum absolute atomic E-state index is 0.0184. The fourth-order valence-corrected chi connectivity index (χ4v) is 2.87. The molecule has 0 aliphatic heterocycles. The molecule has 0 bridgehead atoms. The Morgan fingerprint density at radius 1 is 0.613 bits per heavy atom. The second kappa shape index (κ2) is 7.01. The molecule has 0 unspecified atom stereocenters. The van der Waals surface area contributed by atoms with Crippen molar-refractivity contribution in [1.29, 1.82) is 0 Å². The van der Waals surface area contributed by atoms with Gasteiger partial charge in [0.15, 0.2) is 5.69 Å². The molecule has 0 fully saturated rings. The van der Waals surface area contributed by atoms with Gasteiger partial charge in [-0.05, 0) is 30.9 Å². The highest BCUT2D eigenvalue weighted by molar-refractivity contribution is 6.22. The van der Waals surface area contributed by atoms with Crippen LogP contribution in [0.5, 0.6) is 0 Å². The fourth-order valence-electron chi connectivity index (χ4n) is 2.75. The van der Waals surface area contributed by atoms with Crippen molar-refractivity contribution in [3.8, 4) is 0 Å². The zero-order valence-corrected chi connectivity index (χ0v) is 15.1. The Bertz CT molecular complexity index is 827. The predicted octanol–water partition coefficient (Wildman–Crippen LogP) is 6.65. The molecule has 0 amide bonds. The summed E-state index contributed by atoms with van der Waals surface area (Å²) >= 11 is 3.53. The molecule has 1 aromatic heterocycles. The summed E-state index contributed by atoms with van der Waals surface area (Å²) in [5, 5.41) is -4.23. The third kappa shape index (κ3) is 3.25. The molecule has 31 heavy (non-hydrogen) atoms. The van der Waals surface area contributed by atoms with Crippen LogP contribution in [0.3, 0.4) is 0 Å². The molecule has 0 atom stereocenters. The predicted molar refractivity (Wildman–Crippen MR) is 72.6 cm³/mol. The molecule has 1 aliphatic carbocycles. The number of rotatable bonds is 7. The Morgan fingerprint density at radius 3 is 1.52 bits per heavy atom. The summed E-state index contributed by atoms with van der Waals surface area (Å²) in [6, 6.07) is 0. The number of aryl methyl sites for hydroxylation is 1. The van der Waals surface area contributed by atoms with Crippen LogP contribution in [0.2, 0.25) is 0 Å². The molecule has 0 spiro atoms. The number of fused-ring (bicyclic) bond motifs is 1. The van der Waals surface area contributed by atoms with E-state index in [-0.39, 0.29) is 19.3 Å². The van der Waals surface area contributed by atoms with Crippen LogP contribution in [-0.2, 0) is 18.8 Å². The summed E-state index contributed by atoms with van der Waals surface area (Å²) in [4.78, 5) is 0. The van der Waals surface area contributed by atoms with Crippen molar-refractivity contribution in [2.24, 2.45) is 0 Å². The Kier molecular flexibility index (Phi) is 5.83. The van der Waals surface area contributed by atoms with Gasteiger partial charge in [0.05, 0.1) is 0 Å². The van der Waals surface area contributed by atoms with Crippen LogP contribution >= 0.6 is 11.6 Å². The lowest BCUT2D eigenvalue weighted by Crippen LogP contribution is -2.72. The van der Waals surface area contributed by atoms with Crippen molar-refractivity contribution in [1.82, 2.24) is 5.16 Å². The highest BCUT2D eigenvalue weighted by Gasteiger charge is 2.93.